The summed E-state index contributed by atoms with van der Waals surface area (Å²) in [6.45, 7) is 1.89. The van der Waals surface area contributed by atoms with Crippen LogP contribution in [0.5, 0.6) is 0 Å². The maximum absolute atomic E-state index is 12.9. The minimum atomic E-state index is -0.314. The number of nitrogens with one attached hydrogen (secondary N) is 1. The molecule has 0 radical (unpaired) electrons. The zero-order chi connectivity index (χ0) is 20.5. The summed E-state index contributed by atoms with van der Waals surface area (Å²) in [4.78, 5) is 25.2. The number of rotatable bonds is 5. The van der Waals surface area contributed by atoms with Gasteiger partial charge in [-0.2, -0.15) is 10.4 Å². The van der Waals surface area contributed by atoms with E-state index in [0.29, 0.717) is 22.4 Å². The van der Waals surface area contributed by atoms with Crippen molar-refractivity contribution in [3.05, 3.63) is 76.5 Å². The van der Waals surface area contributed by atoms with Crippen LogP contribution in [0.2, 0.25) is 0 Å². The molecule has 8 nitrogen and oxygen atoms in total. The van der Waals surface area contributed by atoms with Crippen LogP contribution in [0.1, 0.15) is 50.2 Å². The van der Waals surface area contributed by atoms with Crippen molar-refractivity contribution in [2.75, 3.05) is 5.73 Å². The first-order valence-corrected chi connectivity index (χ1v) is 9.28. The lowest BCUT2D eigenvalue weighted by Crippen LogP contribution is -2.25. The summed E-state index contributed by atoms with van der Waals surface area (Å²) in [6, 6.07) is 14.0. The molecule has 0 atom stereocenters. The predicted octanol–water partition coefficient (Wildman–Crippen LogP) is 1.93. The number of hydrogen-bond donors (Lipinski definition) is 2. The first kappa shape index (κ1) is 20.8. The highest BCUT2D eigenvalue weighted by Gasteiger charge is 2.24. The van der Waals surface area contributed by atoms with Crippen LogP contribution in [0.3, 0.4) is 0 Å². The van der Waals surface area contributed by atoms with Gasteiger partial charge in [0.25, 0.3) is 5.91 Å². The Bertz CT molecular complexity index is 1170. The number of nitriles is 1. The largest absolute Gasteiger partial charge is 0.412 e. The van der Waals surface area contributed by atoms with Gasteiger partial charge in [0.2, 0.25) is 0 Å². The van der Waals surface area contributed by atoms with Gasteiger partial charge < -0.3 is 16.5 Å². The Labute approximate surface area is 173 Å². The predicted molar refractivity (Wildman–Crippen MR) is 111 cm³/mol. The number of ketones is 1. The Morgan fingerprint density at radius 1 is 1.20 bits per heavy atom. The molecule has 152 valence electrons. The Kier molecular flexibility index (Phi) is 5.67. The number of anilines is 1. The molecule has 1 fully saturated rings. The van der Waals surface area contributed by atoms with Crippen LogP contribution >= 0.6 is 0 Å². The minimum absolute atomic E-state index is 0. The molecule has 2 aromatic carbocycles. The number of benzene rings is 2. The average Bonchev–Trinajstić information content (AvgIpc) is 3.47. The highest BCUT2D eigenvalue weighted by atomic mass is 16.1. The first-order valence-electron chi connectivity index (χ1n) is 9.28. The summed E-state index contributed by atoms with van der Waals surface area (Å²) in [5.41, 5.74) is 9.27. The maximum Gasteiger partial charge on any atom is 0.251 e. The van der Waals surface area contributed by atoms with Crippen LogP contribution in [-0.4, -0.2) is 33.0 Å². The van der Waals surface area contributed by atoms with E-state index in [0.717, 1.165) is 18.4 Å². The third kappa shape index (κ3) is 3.92. The van der Waals surface area contributed by atoms with Crippen molar-refractivity contribution in [2.45, 2.75) is 25.8 Å². The molecular formula is C22H21N5O3. The van der Waals surface area contributed by atoms with Crippen LogP contribution in [-0.2, 0) is 0 Å². The number of carbonyl (C=O) groups is 2. The Balaban J connectivity index is 0.00000256. The third-order valence-electron chi connectivity index (χ3n) is 4.92. The monoisotopic (exact) mass is 403 g/mol. The number of nitrogen functional groups attached to an aromatic ring is 1. The molecule has 4 rings (SSSR count). The normalized spacial score (nSPS) is 12.5. The number of aromatic nitrogens is 2. The molecule has 1 saturated carbocycles. The zero-order valence-corrected chi connectivity index (χ0v) is 16.3. The number of nitrogens with two attached hydrogens (primary N) is 1. The molecule has 1 aromatic heterocycles. The quantitative estimate of drug-likeness (QED) is 0.625. The second-order valence-electron chi connectivity index (χ2n) is 7.13. The van der Waals surface area contributed by atoms with Crippen molar-refractivity contribution in [3.63, 3.8) is 0 Å². The van der Waals surface area contributed by atoms with Crippen molar-refractivity contribution < 1.29 is 15.1 Å². The second-order valence-corrected chi connectivity index (χ2v) is 7.13. The molecule has 1 amide bonds. The van der Waals surface area contributed by atoms with E-state index in [1.165, 1.54) is 16.9 Å². The summed E-state index contributed by atoms with van der Waals surface area (Å²) in [5, 5.41) is 16.3. The molecule has 3 aromatic rings. The highest BCUT2D eigenvalue weighted by Crippen LogP contribution is 2.24. The molecule has 0 bridgehead atoms. The van der Waals surface area contributed by atoms with E-state index < -0.39 is 0 Å². The number of nitrogens with zero attached hydrogens (tertiary/aromatic N) is 3. The Morgan fingerprint density at radius 2 is 1.97 bits per heavy atom. The van der Waals surface area contributed by atoms with Gasteiger partial charge in [-0.25, -0.2) is 4.68 Å². The van der Waals surface area contributed by atoms with Crippen molar-refractivity contribution in [2.24, 2.45) is 0 Å². The molecule has 0 unspecified atom stereocenters. The zero-order valence-electron chi connectivity index (χ0n) is 16.3. The minimum Gasteiger partial charge on any atom is -0.412 e. The number of amides is 1. The van der Waals surface area contributed by atoms with E-state index in [1.807, 2.05) is 19.1 Å². The van der Waals surface area contributed by atoms with Gasteiger partial charge in [-0.05, 0) is 49.6 Å². The van der Waals surface area contributed by atoms with E-state index in [1.54, 1.807) is 30.3 Å². The molecule has 1 aliphatic carbocycles. The van der Waals surface area contributed by atoms with Crippen molar-refractivity contribution >= 4 is 17.5 Å². The molecule has 0 saturated heterocycles. The summed E-state index contributed by atoms with van der Waals surface area (Å²) in [5.74, 6) is -0.268. The summed E-state index contributed by atoms with van der Waals surface area (Å²) >= 11 is 0. The van der Waals surface area contributed by atoms with Crippen LogP contribution in [0.15, 0.2) is 48.7 Å². The smallest absolute Gasteiger partial charge is 0.251 e. The van der Waals surface area contributed by atoms with Crippen LogP contribution < -0.4 is 11.1 Å². The van der Waals surface area contributed by atoms with Crippen molar-refractivity contribution in [1.82, 2.24) is 15.1 Å². The molecule has 0 aliphatic heterocycles. The van der Waals surface area contributed by atoms with Crippen LogP contribution in [0.25, 0.3) is 5.69 Å². The van der Waals surface area contributed by atoms with Crippen LogP contribution in [0.4, 0.5) is 5.82 Å². The van der Waals surface area contributed by atoms with Crippen LogP contribution in [0, 0.1) is 18.3 Å². The fourth-order valence-electron chi connectivity index (χ4n) is 3.09. The SMILES string of the molecule is Cc1ccc(C(=O)NC2CC2)cc1-n1ncc(C(=O)c2cccc(C#N)c2)c1N.O. The first-order chi connectivity index (χ1) is 14.0. The van der Waals surface area contributed by atoms with Gasteiger partial charge in [0.15, 0.2) is 5.78 Å². The van der Waals surface area contributed by atoms with E-state index in [9.17, 15) is 9.59 Å². The Morgan fingerprint density at radius 3 is 2.67 bits per heavy atom. The van der Waals surface area contributed by atoms with Crippen molar-refractivity contribution in [1.29, 1.82) is 5.26 Å². The standard InChI is InChI=1S/C22H19N5O2.H2O/c1-13-5-6-16(22(29)26-17-7-8-17)10-19(13)27-21(24)18(12-25-27)20(28)15-4-2-3-14(9-15)11-23;/h2-6,9-10,12,17H,7-8,24H2,1H3,(H,26,29);1H2. The third-order valence-corrected chi connectivity index (χ3v) is 4.92. The summed E-state index contributed by atoms with van der Waals surface area (Å²) in [7, 11) is 0. The number of hydrogen-bond acceptors (Lipinski definition) is 5. The lowest BCUT2D eigenvalue weighted by molar-refractivity contribution is 0.0950. The molecule has 0 spiro atoms. The summed E-state index contributed by atoms with van der Waals surface area (Å²) < 4.78 is 1.46. The van der Waals surface area contributed by atoms with Gasteiger partial charge in [-0.1, -0.05) is 18.2 Å². The lowest BCUT2D eigenvalue weighted by atomic mass is 10.0. The summed E-state index contributed by atoms with van der Waals surface area (Å²) in [6.07, 6.45) is 3.43. The van der Waals surface area contributed by atoms with Gasteiger partial charge in [0.05, 0.1) is 29.1 Å². The van der Waals surface area contributed by atoms with Crippen molar-refractivity contribution in [3.8, 4) is 11.8 Å². The molecule has 5 N–H and O–H groups in total. The van der Waals surface area contributed by atoms with E-state index >= 15 is 0 Å². The number of aryl methyl sites for hydroxylation is 1. The molecule has 1 heterocycles. The molecule has 30 heavy (non-hydrogen) atoms. The Hall–Kier alpha value is -3.96. The average molecular weight is 403 g/mol. The fraction of sp³-hybridized carbons (Fsp3) is 0.182. The second kappa shape index (κ2) is 8.19. The lowest BCUT2D eigenvalue weighted by Gasteiger charge is -2.11. The number of carbonyl (C=O) groups excluding carboxylic acids is 2. The van der Waals surface area contributed by atoms with E-state index in [2.05, 4.69) is 10.4 Å². The fourth-order valence-corrected chi connectivity index (χ4v) is 3.09. The van der Waals surface area contributed by atoms with Gasteiger partial charge in [-0.15, -0.1) is 0 Å². The molecule has 1 aliphatic rings. The van der Waals surface area contributed by atoms with E-state index in [-0.39, 0.29) is 34.6 Å². The van der Waals surface area contributed by atoms with Gasteiger partial charge in [0.1, 0.15) is 5.82 Å². The van der Waals surface area contributed by atoms with Gasteiger partial charge in [0, 0.05) is 17.2 Å². The maximum atomic E-state index is 12.9. The topological polar surface area (TPSA) is 145 Å². The highest BCUT2D eigenvalue weighted by molar-refractivity contribution is 6.11. The van der Waals surface area contributed by atoms with Gasteiger partial charge in [-0.3, -0.25) is 9.59 Å². The molecular weight excluding hydrogens is 382 g/mol. The molecule has 8 heteroatoms. The van der Waals surface area contributed by atoms with E-state index in [4.69, 9.17) is 11.0 Å². The van der Waals surface area contributed by atoms with Gasteiger partial charge >= 0.3 is 0 Å².